The number of fused-ring (bicyclic) bond motifs is 2. The van der Waals surface area contributed by atoms with Crippen LogP contribution in [0, 0.1) is 17.8 Å². The van der Waals surface area contributed by atoms with Gasteiger partial charge in [-0.25, -0.2) is 0 Å². The zero-order valence-corrected chi connectivity index (χ0v) is 27.4. The molecule has 0 amide bonds. The van der Waals surface area contributed by atoms with Crippen LogP contribution in [0.3, 0.4) is 0 Å². The molecule has 0 spiro atoms. The maximum absolute atomic E-state index is 13.7. The molecule has 7 nitrogen and oxygen atoms in total. The molecule has 234 valence electrons. The summed E-state index contributed by atoms with van der Waals surface area (Å²) in [5.41, 5.74) is 2.11. The smallest absolute Gasteiger partial charge is 0.310 e. The minimum absolute atomic E-state index is 0.0822. The van der Waals surface area contributed by atoms with E-state index in [-0.39, 0.29) is 29.5 Å². The van der Waals surface area contributed by atoms with E-state index in [0.29, 0.717) is 19.1 Å². The molecule has 2 fully saturated rings. The number of carbonyl (C=O) groups is 1. The van der Waals surface area contributed by atoms with Crippen LogP contribution in [0.25, 0.3) is 0 Å². The highest BCUT2D eigenvalue weighted by Crippen LogP contribution is 2.45. The van der Waals surface area contributed by atoms with Crippen LogP contribution in [0.5, 0.6) is 0 Å². The lowest BCUT2D eigenvalue weighted by Crippen LogP contribution is -2.65. The molecule has 1 saturated heterocycles. The summed E-state index contributed by atoms with van der Waals surface area (Å²) < 4.78 is 38.7. The van der Waals surface area contributed by atoms with Crippen molar-refractivity contribution in [1.82, 2.24) is 0 Å². The third-order valence-electron chi connectivity index (χ3n) is 9.57. The fourth-order valence-corrected chi connectivity index (χ4v) is 7.39. The van der Waals surface area contributed by atoms with Crippen molar-refractivity contribution >= 4 is 14.3 Å². The van der Waals surface area contributed by atoms with E-state index in [4.69, 9.17) is 28.1 Å². The van der Waals surface area contributed by atoms with Gasteiger partial charge in [0, 0.05) is 7.11 Å². The van der Waals surface area contributed by atoms with Crippen molar-refractivity contribution in [2.75, 3.05) is 13.7 Å². The second-order valence-corrected chi connectivity index (χ2v) is 18.4. The summed E-state index contributed by atoms with van der Waals surface area (Å²) in [5, 5.41) is -0.0822. The first-order valence-corrected chi connectivity index (χ1v) is 18.5. The molecule has 2 bridgehead atoms. The van der Waals surface area contributed by atoms with E-state index in [1.54, 1.807) is 7.11 Å². The lowest BCUT2D eigenvalue weighted by atomic mass is 9.93. The summed E-state index contributed by atoms with van der Waals surface area (Å²) >= 11 is 0. The molecule has 2 aliphatic carbocycles. The van der Waals surface area contributed by atoms with Crippen LogP contribution >= 0.6 is 0 Å². The summed E-state index contributed by atoms with van der Waals surface area (Å²) in [7, 11) is -0.785. The third kappa shape index (κ3) is 7.67. The number of ether oxygens (including phenoxy) is 5. The van der Waals surface area contributed by atoms with Crippen molar-refractivity contribution in [2.45, 2.75) is 95.7 Å². The Hall–Kier alpha value is -2.33. The molecule has 2 aromatic rings. The van der Waals surface area contributed by atoms with Crippen LogP contribution < -0.4 is 0 Å². The van der Waals surface area contributed by atoms with Gasteiger partial charge < -0.3 is 28.1 Å². The van der Waals surface area contributed by atoms with Gasteiger partial charge in [-0.05, 0) is 53.9 Å². The van der Waals surface area contributed by atoms with Crippen molar-refractivity contribution in [2.24, 2.45) is 17.8 Å². The van der Waals surface area contributed by atoms with Gasteiger partial charge in [-0.3, -0.25) is 4.79 Å². The summed E-state index contributed by atoms with van der Waals surface area (Å²) in [6.07, 6.45) is 2.95. The van der Waals surface area contributed by atoms with Gasteiger partial charge in [0.05, 0.1) is 25.7 Å². The number of hydrogen-bond donors (Lipinski definition) is 0. The predicted octanol–water partition coefficient (Wildman–Crippen LogP) is 6.67. The average molecular weight is 609 g/mol. The number of methoxy groups -OCH3 is 1. The average Bonchev–Trinajstić information content (AvgIpc) is 3.62. The SMILES string of the molecule is CO[C@H]1O[C@H](COCc2ccccc2)[C@@H](OCc2ccccc2)[C@H](O[Si](C)(C)C(C)(C)C)[C@H]1OC(=O)[C@H]1C[C@H]2C=C[C@@H]1C2. The monoisotopic (exact) mass is 608 g/mol. The van der Waals surface area contributed by atoms with Gasteiger partial charge in [0.25, 0.3) is 0 Å². The molecular weight excluding hydrogens is 560 g/mol. The number of rotatable bonds is 12. The number of allylic oxidation sites excluding steroid dienone is 2. The van der Waals surface area contributed by atoms with Crippen molar-refractivity contribution in [3.05, 3.63) is 83.9 Å². The van der Waals surface area contributed by atoms with Gasteiger partial charge in [0.1, 0.15) is 18.3 Å². The van der Waals surface area contributed by atoms with Crippen LogP contribution in [0.2, 0.25) is 18.1 Å². The molecule has 8 heteroatoms. The summed E-state index contributed by atoms with van der Waals surface area (Å²) in [6.45, 7) is 12.1. The van der Waals surface area contributed by atoms with E-state index in [2.05, 4.69) is 46.0 Å². The Bertz CT molecular complexity index is 1210. The zero-order valence-electron chi connectivity index (χ0n) is 26.4. The fourth-order valence-electron chi connectivity index (χ4n) is 6.09. The molecule has 1 aliphatic heterocycles. The molecule has 0 N–H and O–H groups in total. The Morgan fingerprint density at radius 3 is 2.09 bits per heavy atom. The highest BCUT2D eigenvalue weighted by Gasteiger charge is 2.54. The van der Waals surface area contributed by atoms with Gasteiger partial charge in [-0.15, -0.1) is 0 Å². The third-order valence-corrected chi connectivity index (χ3v) is 14.0. The molecule has 43 heavy (non-hydrogen) atoms. The first kappa shape index (κ1) is 32.1. The van der Waals surface area contributed by atoms with Crippen LogP contribution in [0.1, 0.15) is 44.7 Å². The highest BCUT2D eigenvalue weighted by molar-refractivity contribution is 6.74. The summed E-state index contributed by atoms with van der Waals surface area (Å²) in [6, 6.07) is 20.1. The molecule has 5 rings (SSSR count). The van der Waals surface area contributed by atoms with E-state index < -0.39 is 39.0 Å². The first-order valence-electron chi connectivity index (χ1n) is 15.6. The lowest BCUT2D eigenvalue weighted by molar-refractivity contribution is -0.306. The normalized spacial score (nSPS) is 30.5. The Morgan fingerprint density at radius 2 is 1.53 bits per heavy atom. The molecule has 1 heterocycles. The maximum atomic E-state index is 13.7. The Morgan fingerprint density at radius 1 is 0.884 bits per heavy atom. The Balaban J connectivity index is 1.43. The van der Waals surface area contributed by atoms with Gasteiger partial charge in [-0.1, -0.05) is 93.6 Å². The molecule has 0 radical (unpaired) electrons. The second kappa shape index (κ2) is 13.8. The standard InChI is InChI=1S/C35H48O7Si/c1-35(2,3)43(5,6)42-31-30(39-22-25-15-11-8-12-16-25)29(23-38-21-24-13-9-7-10-14-24)40-34(37-4)32(31)41-33(36)28-20-26-17-18-27(28)19-26/h7-18,26-32,34H,19-23H2,1-6H3/t26-,27+,28-,29+,30+,31-,32+,34-/m0/s1. The minimum Gasteiger partial charge on any atom is -0.454 e. The lowest BCUT2D eigenvalue weighted by Gasteiger charge is -2.49. The molecule has 1 saturated carbocycles. The number of benzene rings is 2. The van der Waals surface area contributed by atoms with Crippen molar-refractivity contribution in [3.8, 4) is 0 Å². The van der Waals surface area contributed by atoms with Crippen LogP contribution in [-0.4, -0.2) is 58.7 Å². The number of carbonyl (C=O) groups excluding carboxylic acids is 1. The van der Waals surface area contributed by atoms with E-state index in [1.165, 1.54) is 0 Å². The van der Waals surface area contributed by atoms with Crippen LogP contribution in [-0.2, 0) is 46.1 Å². The topological polar surface area (TPSA) is 72.5 Å². The largest absolute Gasteiger partial charge is 0.454 e. The summed E-state index contributed by atoms with van der Waals surface area (Å²) in [4.78, 5) is 13.7. The van der Waals surface area contributed by atoms with Gasteiger partial charge >= 0.3 is 5.97 Å². The van der Waals surface area contributed by atoms with Gasteiger partial charge in [0.15, 0.2) is 20.7 Å². The Labute approximate surface area is 258 Å². The minimum atomic E-state index is -2.37. The van der Waals surface area contributed by atoms with E-state index in [9.17, 15) is 4.79 Å². The van der Waals surface area contributed by atoms with E-state index in [1.807, 2.05) is 60.7 Å². The van der Waals surface area contributed by atoms with Crippen LogP contribution in [0.15, 0.2) is 72.8 Å². The fraction of sp³-hybridized carbons (Fsp3) is 0.571. The zero-order chi connectivity index (χ0) is 30.6. The van der Waals surface area contributed by atoms with Crippen LogP contribution in [0.4, 0.5) is 0 Å². The molecule has 0 unspecified atom stereocenters. The maximum Gasteiger partial charge on any atom is 0.310 e. The first-order chi connectivity index (χ1) is 20.6. The number of hydrogen-bond acceptors (Lipinski definition) is 7. The molecule has 2 aromatic carbocycles. The van der Waals surface area contributed by atoms with E-state index in [0.717, 1.165) is 24.0 Å². The molecular formula is C35H48O7Si. The predicted molar refractivity (Wildman–Crippen MR) is 168 cm³/mol. The summed E-state index contributed by atoms with van der Waals surface area (Å²) in [5.74, 6) is 0.316. The van der Waals surface area contributed by atoms with Gasteiger partial charge in [0.2, 0.25) is 0 Å². The molecule has 0 aromatic heterocycles. The Kier molecular flexibility index (Phi) is 10.3. The second-order valence-electron chi connectivity index (χ2n) is 13.7. The molecule has 3 aliphatic rings. The molecule has 8 atom stereocenters. The van der Waals surface area contributed by atoms with Gasteiger partial charge in [-0.2, -0.15) is 0 Å². The highest BCUT2D eigenvalue weighted by atomic mass is 28.4. The quantitative estimate of drug-likeness (QED) is 0.151. The van der Waals surface area contributed by atoms with E-state index >= 15 is 0 Å². The van der Waals surface area contributed by atoms with Crippen molar-refractivity contribution in [3.63, 3.8) is 0 Å². The van der Waals surface area contributed by atoms with Crippen molar-refractivity contribution < 1.29 is 32.9 Å². The van der Waals surface area contributed by atoms with Crippen molar-refractivity contribution in [1.29, 1.82) is 0 Å². The number of esters is 1.